The van der Waals surface area contributed by atoms with Crippen LogP contribution < -0.4 is 0 Å². The first-order valence-electron chi connectivity index (χ1n) is 3.60. The van der Waals surface area contributed by atoms with E-state index in [1.54, 1.807) is 0 Å². The van der Waals surface area contributed by atoms with E-state index in [0.29, 0.717) is 0 Å². The quantitative estimate of drug-likeness (QED) is 0.417. The lowest BCUT2D eigenvalue weighted by Crippen LogP contribution is -1.99. The van der Waals surface area contributed by atoms with Crippen molar-refractivity contribution in [1.82, 2.24) is 0 Å². The molecule has 0 aliphatic carbocycles. The lowest BCUT2D eigenvalue weighted by atomic mass is 10.4. The summed E-state index contributed by atoms with van der Waals surface area (Å²) >= 11 is 0. The fraction of sp³-hybridized carbons (Fsp3) is 0.714. The molecule has 0 bridgehead atoms. The Morgan fingerprint density at radius 2 is 1.77 bits per heavy atom. The highest BCUT2D eigenvalue weighted by atomic mass is 31.2. The van der Waals surface area contributed by atoms with Gasteiger partial charge >= 0.3 is 7.82 Å². The number of allylic oxidation sites excluding steroid dienone is 1. The van der Waals surface area contributed by atoms with Gasteiger partial charge in [0, 0.05) is 7.11 Å². The predicted octanol–water partition coefficient (Wildman–Crippen LogP) is 1.32. The summed E-state index contributed by atoms with van der Waals surface area (Å²) in [6, 6.07) is 0. The Kier molecular flexibility index (Phi) is 9.89. The summed E-state index contributed by atoms with van der Waals surface area (Å²) in [6.45, 7) is 7.60. The maximum atomic E-state index is 9.92. The fourth-order valence-electron chi connectivity index (χ4n) is 0.240. The van der Waals surface area contributed by atoms with Crippen LogP contribution in [0.5, 0.6) is 0 Å². The van der Waals surface area contributed by atoms with E-state index in [1.165, 1.54) is 12.7 Å². The Morgan fingerprint density at radius 1 is 1.38 bits per heavy atom. The molecule has 0 saturated heterocycles. The van der Waals surface area contributed by atoms with Gasteiger partial charge in [0.1, 0.15) is 0 Å². The Bertz CT molecular complexity index is 170. The first-order chi connectivity index (χ1) is 5.79. The van der Waals surface area contributed by atoms with Gasteiger partial charge in [0.15, 0.2) is 0 Å². The normalized spacial score (nSPS) is 10.2. The Morgan fingerprint density at radius 3 is 2.00 bits per heavy atom. The number of ether oxygens (including phenoxy) is 1. The van der Waals surface area contributed by atoms with Crippen LogP contribution in [0.1, 0.15) is 13.8 Å². The molecule has 2 N–H and O–H groups in total. The summed E-state index contributed by atoms with van der Waals surface area (Å²) in [5.41, 5.74) is 1.17. The minimum atomic E-state index is -4.28. The van der Waals surface area contributed by atoms with Crippen LogP contribution >= 0.6 is 7.82 Å². The zero-order valence-corrected chi connectivity index (χ0v) is 9.08. The lowest BCUT2D eigenvalue weighted by Gasteiger charge is -2.02. The third kappa shape index (κ3) is 33.7. The van der Waals surface area contributed by atoms with Crippen molar-refractivity contribution in [3.63, 3.8) is 0 Å². The van der Waals surface area contributed by atoms with Crippen LogP contribution in [0.2, 0.25) is 0 Å². The van der Waals surface area contributed by atoms with E-state index in [9.17, 15) is 4.57 Å². The van der Waals surface area contributed by atoms with Crippen molar-refractivity contribution >= 4 is 7.82 Å². The molecule has 6 heteroatoms. The smallest absolute Gasteiger partial charge is 0.382 e. The van der Waals surface area contributed by atoms with Crippen LogP contribution in [0.4, 0.5) is 0 Å². The van der Waals surface area contributed by atoms with Crippen molar-refractivity contribution in [3.05, 3.63) is 12.2 Å². The van der Waals surface area contributed by atoms with Crippen LogP contribution in [0.15, 0.2) is 12.2 Å². The SMILES string of the molecule is C=C(C)C.COCCOP(=O)(O)O. The van der Waals surface area contributed by atoms with E-state index in [-0.39, 0.29) is 13.2 Å². The Hall–Kier alpha value is -0.190. The molecule has 0 aromatic heterocycles. The molecule has 0 fully saturated rings. The molecule has 0 radical (unpaired) electrons. The van der Waals surface area contributed by atoms with Crippen molar-refractivity contribution in [2.45, 2.75) is 13.8 Å². The molecular weight excluding hydrogens is 195 g/mol. The molecule has 0 aliphatic rings. The van der Waals surface area contributed by atoms with Crippen molar-refractivity contribution in [2.75, 3.05) is 20.3 Å². The third-order valence-corrected chi connectivity index (χ3v) is 1.07. The van der Waals surface area contributed by atoms with Gasteiger partial charge in [0.25, 0.3) is 0 Å². The summed E-state index contributed by atoms with van der Waals surface area (Å²) in [5, 5.41) is 0. The van der Waals surface area contributed by atoms with Gasteiger partial charge in [-0.15, -0.1) is 6.58 Å². The monoisotopic (exact) mass is 212 g/mol. The summed E-state index contributed by atoms with van der Waals surface area (Å²) in [5.74, 6) is 0. The summed E-state index contributed by atoms with van der Waals surface area (Å²) < 4.78 is 18.4. The van der Waals surface area contributed by atoms with Crippen molar-refractivity contribution in [1.29, 1.82) is 0 Å². The second-order valence-corrected chi connectivity index (χ2v) is 3.76. The Labute approximate surface area is 78.6 Å². The van der Waals surface area contributed by atoms with Gasteiger partial charge in [0.2, 0.25) is 0 Å². The van der Waals surface area contributed by atoms with Gasteiger partial charge in [0.05, 0.1) is 13.2 Å². The first kappa shape index (κ1) is 15.3. The molecule has 0 unspecified atom stereocenters. The van der Waals surface area contributed by atoms with Crippen molar-refractivity contribution in [3.8, 4) is 0 Å². The Balaban J connectivity index is 0. The van der Waals surface area contributed by atoms with Gasteiger partial charge < -0.3 is 14.5 Å². The summed E-state index contributed by atoms with van der Waals surface area (Å²) in [6.07, 6.45) is 0. The molecule has 0 atom stereocenters. The van der Waals surface area contributed by atoms with E-state index < -0.39 is 7.82 Å². The fourth-order valence-corrected chi connectivity index (χ4v) is 0.552. The van der Waals surface area contributed by atoms with Crippen LogP contribution in [0.25, 0.3) is 0 Å². The third-order valence-electron chi connectivity index (χ3n) is 0.547. The predicted molar refractivity (Wildman–Crippen MR) is 50.4 cm³/mol. The molecule has 0 heterocycles. The minimum absolute atomic E-state index is 0.0826. The molecule has 0 aromatic rings. The standard InChI is InChI=1S/C4H8.C3H9O5P/c1-4(2)3;1-7-2-3-8-9(4,5)6/h1H2,2-3H3;2-3H2,1H3,(H2,4,5,6). The molecular formula is C7H17O5P. The highest BCUT2D eigenvalue weighted by molar-refractivity contribution is 7.46. The number of phosphoric acid groups is 1. The maximum Gasteiger partial charge on any atom is 0.469 e. The highest BCUT2D eigenvalue weighted by Crippen LogP contribution is 2.35. The lowest BCUT2D eigenvalue weighted by molar-refractivity contribution is 0.120. The number of rotatable bonds is 4. The van der Waals surface area contributed by atoms with Crippen LogP contribution in [-0.2, 0) is 13.8 Å². The number of methoxy groups -OCH3 is 1. The largest absolute Gasteiger partial charge is 0.469 e. The molecule has 0 aliphatic heterocycles. The van der Waals surface area contributed by atoms with Crippen LogP contribution in [0.3, 0.4) is 0 Å². The topological polar surface area (TPSA) is 76.0 Å². The molecule has 0 saturated carbocycles. The molecule has 5 nitrogen and oxygen atoms in total. The average molecular weight is 212 g/mol. The van der Waals surface area contributed by atoms with E-state index in [0.717, 1.165) is 0 Å². The van der Waals surface area contributed by atoms with Gasteiger partial charge in [-0.25, -0.2) is 4.57 Å². The van der Waals surface area contributed by atoms with Gasteiger partial charge in [-0.3, -0.25) is 4.52 Å². The number of phosphoric ester groups is 1. The summed E-state index contributed by atoms with van der Waals surface area (Å²) in [7, 11) is -2.86. The molecule has 13 heavy (non-hydrogen) atoms. The first-order valence-corrected chi connectivity index (χ1v) is 5.13. The average Bonchev–Trinajstić information content (AvgIpc) is 1.83. The van der Waals surface area contributed by atoms with Crippen molar-refractivity contribution in [2.24, 2.45) is 0 Å². The van der Waals surface area contributed by atoms with E-state index in [4.69, 9.17) is 9.79 Å². The van der Waals surface area contributed by atoms with Crippen molar-refractivity contribution < 1.29 is 23.6 Å². The van der Waals surface area contributed by atoms with Gasteiger partial charge in [-0.2, -0.15) is 0 Å². The van der Waals surface area contributed by atoms with E-state index in [2.05, 4.69) is 15.8 Å². The van der Waals surface area contributed by atoms with Gasteiger partial charge in [-0.05, 0) is 13.8 Å². The molecule has 0 aromatic carbocycles. The molecule has 0 spiro atoms. The highest BCUT2D eigenvalue weighted by Gasteiger charge is 2.11. The number of hydrogen-bond acceptors (Lipinski definition) is 3. The van der Waals surface area contributed by atoms with Gasteiger partial charge in [-0.1, -0.05) is 5.57 Å². The second-order valence-electron chi connectivity index (χ2n) is 2.52. The van der Waals surface area contributed by atoms with Crippen LogP contribution in [-0.4, -0.2) is 30.1 Å². The van der Waals surface area contributed by atoms with Crippen LogP contribution in [0, 0.1) is 0 Å². The van der Waals surface area contributed by atoms with E-state index in [1.807, 2.05) is 13.8 Å². The molecule has 0 rings (SSSR count). The summed E-state index contributed by atoms with van der Waals surface area (Å²) in [4.78, 5) is 16.2. The van der Waals surface area contributed by atoms with E-state index >= 15 is 0 Å². The molecule has 80 valence electrons. The molecule has 0 amide bonds. The zero-order chi connectivity index (χ0) is 10.9. The zero-order valence-electron chi connectivity index (χ0n) is 8.19. The maximum absolute atomic E-state index is 9.92. The number of hydrogen-bond donors (Lipinski definition) is 2. The minimum Gasteiger partial charge on any atom is -0.382 e. The second kappa shape index (κ2) is 8.41.